The number of aromatic amines is 1. The number of nitrogens with one attached hydrogen (secondary N) is 2. The summed E-state index contributed by atoms with van der Waals surface area (Å²) < 4.78 is 0. The third-order valence-corrected chi connectivity index (χ3v) is 2.51. The van der Waals surface area contributed by atoms with Crippen LogP contribution in [0.25, 0.3) is 10.9 Å². The van der Waals surface area contributed by atoms with E-state index in [0.29, 0.717) is 11.4 Å². The standard InChI is InChI=1S/C12H9N5O/c18-12(16-11-7-13-3-4-14-11)8-1-2-9-6-15-17-10(9)5-8/h1-7H,(H,15,17)(H,14,16,18). The van der Waals surface area contributed by atoms with Crippen LogP contribution in [0.3, 0.4) is 0 Å². The smallest absolute Gasteiger partial charge is 0.256 e. The topological polar surface area (TPSA) is 83.6 Å². The van der Waals surface area contributed by atoms with Gasteiger partial charge in [0.25, 0.3) is 5.91 Å². The summed E-state index contributed by atoms with van der Waals surface area (Å²) in [4.78, 5) is 19.8. The normalized spacial score (nSPS) is 10.4. The van der Waals surface area contributed by atoms with Crippen molar-refractivity contribution in [3.05, 3.63) is 48.5 Å². The Morgan fingerprint density at radius 2 is 2.17 bits per heavy atom. The Morgan fingerprint density at radius 3 is 3.00 bits per heavy atom. The van der Waals surface area contributed by atoms with E-state index in [1.165, 1.54) is 12.4 Å². The van der Waals surface area contributed by atoms with Gasteiger partial charge in [0.2, 0.25) is 0 Å². The molecule has 2 heterocycles. The maximum absolute atomic E-state index is 12.0. The summed E-state index contributed by atoms with van der Waals surface area (Å²) in [5.41, 5.74) is 1.36. The zero-order valence-electron chi connectivity index (χ0n) is 9.29. The Bertz CT molecular complexity index is 692. The first-order valence-corrected chi connectivity index (χ1v) is 5.33. The van der Waals surface area contributed by atoms with E-state index in [1.807, 2.05) is 6.07 Å². The van der Waals surface area contributed by atoms with Crippen molar-refractivity contribution in [1.29, 1.82) is 0 Å². The van der Waals surface area contributed by atoms with E-state index in [0.717, 1.165) is 10.9 Å². The molecule has 0 aliphatic heterocycles. The second-order valence-electron chi connectivity index (χ2n) is 3.72. The van der Waals surface area contributed by atoms with Crippen molar-refractivity contribution in [2.75, 3.05) is 5.32 Å². The van der Waals surface area contributed by atoms with Gasteiger partial charge in [-0.1, -0.05) is 6.07 Å². The molecular formula is C12H9N5O. The number of carbonyl (C=O) groups excluding carboxylic acids is 1. The van der Waals surface area contributed by atoms with E-state index < -0.39 is 0 Å². The minimum absolute atomic E-state index is 0.230. The van der Waals surface area contributed by atoms with Crippen molar-refractivity contribution in [3.63, 3.8) is 0 Å². The lowest BCUT2D eigenvalue weighted by atomic mass is 10.1. The number of fused-ring (bicyclic) bond motifs is 1. The number of H-pyrrole nitrogens is 1. The lowest BCUT2D eigenvalue weighted by molar-refractivity contribution is 0.102. The SMILES string of the molecule is O=C(Nc1cnccn1)c1ccc2cn[nH]c2c1. The van der Waals surface area contributed by atoms with Crippen LogP contribution in [-0.2, 0) is 0 Å². The van der Waals surface area contributed by atoms with Crippen LogP contribution >= 0.6 is 0 Å². The Balaban J connectivity index is 1.87. The molecule has 0 bridgehead atoms. The van der Waals surface area contributed by atoms with Gasteiger partial charge in [0.15, 0.2) is 5.82 Å². The van der Waals surface area contributed by atoms with Crippen molar-refractivity contribution in [3.8, 4) is 0 Å². The van der Waals surface area contributed by atoms with Gasteiger partial charge in [0, 0.05) is 23.3 Å². The summed E-state index contributed by atoms with van der Waals surface area (Å²) in [5.74, 6) is 0.194. The maximum Gasteiger partial charge on any atom is 0.256 e. The van der Waals surface area contributed by atoms with Crippen molar-refractivity contribution >= 4 is 22.6 Å². The number of hydrogen-bond donors (Lipinski definition) is 2. The van der Waals surface area contributed by atoms with Crippen LogP contribution in [0.15, 0.2) is 43.0 Å². The third-order valence-electron chi connectivity index (χ3n) is 2.51. The summed E-state index contributed by atoms with van der Waals surface area (Å²) in [7, 11) is 0. The molecule has 6 heteroatoms. The second kappa shape index (κ2) is 4.25. The molecule has 0 radical (unpaired) electrons. The van der Waals surface area contributed by atoms with Crippen molar-refractivity contribution < 1.29 is 4.79 Å². The summed E-state index contributed by atoms with van der Waals surface area (Å²) in [6, 6.07) is 5.32. The molecule has 0 fully saturated rings. The predicted molar refractivity (Wildman–Crippen MR) is 66.1 cm³/mol. The Hall–Kier alpha value is -2.76. The molecule has 88 valence electrons. The molecule has 6 nitrogen and oxygen atoms in total. The first-order chi connectivity index (χ1) is 8.83. The van der Waals surface area contributed by atoms with Gasteiger partial charge in [-0.15, -0.1) is 0 Å². The maximum atomic E-state index is 12.0. The van der Waals surface area contributed by atoms with E-state index >= 15 is 0 Å². The fourth-order valence-electron chi connectivity index (χ4n) is 1.63. The van der Waals surface area contributed by atoms with Crippen molar-refractivity contribution in [2.45, 2.75) is 0 Å². The highest BCUT2D eigenvalue weighted by Gasteiger charge is 2.08. The zero-order valence-corrected chi connectivity index (χ0v) is 9.29. The molecule has 1 aromatic carbocycles. The molecule has 18 heavy (non-hydrogen) atoms. The molecule has 3 aromatic rings. The summed E-state index contributed by atoms with van der Waals surface area (Å²) in [6.45, 7) is 0. The molecule has 0 saturated heterocycles. The number of carbonyl (C=O) groups is 1. The van der Waals surface area contributed by atoms with E-state index in [-0.39, 0.29) is 5.91 Å². The molecule has 2 aromatic heterocycles. The van der Waals surface area contributed by atoms with E-state index in [1.54, 1.807) is 24.5 Å². The highest BCUT2D eigenvalue weighted by atomic mass is 16.1. The van der Waals surface area contributed by atoms with Crippen LogP contribution in [0, 0.1) is 0 Å². The minimum atomic E-state index is -0.230. The van der Waals surface area contributed by atoms with Crippen LogP contribution in [0.2, 0.25) is 0 Å². The molecule has 0 atom stereocenters. The molecule has 0 aliphatic carbocycles. The monoisotopic (exact) mass is 239 g/mol. The van der Waals surface area contributed by atoms with Gasteiger partial charge in [0.05, 0.1) is 17.9 Å². The third kappa shape index (κ3) is 1.91. The quantitative estimate of drug-likeness (QED) is 0.711. The lowest BCUT2D eigenvalue weighted by Gasteiger charge is -2.03. The van der Waals surface area contributed by atoms with Gasteiger partial charge < -0.3 is 5.32 Å². The summed E-state index contributed by atoms with van der Waals surface area (Å²) in [6.07, 6.45) is 6.27. The van der Waals surface area contributed by atoms with Crippen LogP contribution in [-0.4, -0.2) is 26.1 Å². The van der Waals surface area contributed by atoms with Gasteiger partial charge in [-0.05, 0) is 12.1 Å². The number of hydrogen-bond acceptors (Lipinski definition) is 4. The largest absolute Gasteiger partial charge is 0.305 e. The molecular weight excluding hydrogens is 230 g/mol. The Labute approximate surface area is 102 Å². The van der Waals surface area contributed by atoms with Gasteiger partial charge in [0.1, 0.15) is 0 Å². The predicted octanol–water partition coefficient (Wildman–Crippen LogP) is 1.61. The molecule has 0 unspecified atom stereocenters. The van der Waals surface area contributed by atoms with E-state index in [2.05, 4.69) is 25.5 Å². The molecule has 1 amide bonds. The lowest BCUT2D eigenvalue weighted by Crippen LogP contribution is -2.12. The van der Waals surface area contributed by atoms with E-state index in [4.69, 9.17) is 0 Å². The number of aromatic nitrogens is 4. The van der Waals surface area contributed by atoms with Crippen molar-refractivity contribution in [2.24, 2.45) is 0 Å². The summed E-state index contributed by atoms with van der Waals surface area (Å²) >= 11 is 0. The number of benzene rings is 1. The van der Waals surface area contributed by atoms with Crippen LogP contribution in [0.4, 0.5) is 5.82 Å². The van der Waals surface area contributed by atoms with Gasteiger partial charge in [-0.3, -0.25) is 14.9 Å². The Morgan fingerprint density at radius 1 is 1.22 bits per heavy atom. The Kier molecular flexibility index (Phi) is 2.45. The number of amides is 1. The van der Waals surface area contributed by atoms with Crippen LogP contribution in [0.1, 0.15) is 10.4 Å². The molecule has 0 saturated carbocycles. The van der Waals surface area contributed by atoms with Gasteiger partial charge >= 0.3 is 0 Å². The zero-order chi connectivity index (χ0) is 12.4. The minimum Gasteiger partial charge on any atom is -0.305 e. The van der Waals surface area contributed by atoms with Crippen LogP contribution in [0.5, 0.6) is 0 Å². The summed E-state index contributed by atoms with van der Waals surface area (Å²) in [5, 5.41) is 10.4. The fraction of sp³-hybridized carbons (Fsp3) is 0. The fourth-order valence-corrected chi connectivity index (χ4v) is 1.63. The number of nitrogens with zero attached hydrogens (tertiary/aromatic N) is 3. The van der Waals surface area contributed by atoms with Gasteiger partial charge in [-0.25, -0.2) is 4.98 Å². The average molecular weight is 239 g/mol. The first kappa shape index (κ1) is 10.4. The van der Waals surface area contributed by atoms with Crippen LogP contribution < -0.4 is 5.32 Å². The first-order valence-electron chi connectivity index (χ1n) is 5.33. The average Bonchev–Trinajstić information content (AvgIpc) is 2.87. The highest BCUT2D eigenvalue weighted by Crippen LogP contribution is 2.13. The molecule has 0 aliphatic rings. The highest BCUT2D eigenvalue weighted by molar-refractivity contribution is 6.05. The second-order valence-corrected chi connectivity index (χ2v) is 3.72. The number of rotatable bonds is 2. The molecule has 0 spiro atoms. The molecule has 3 rings (SSSR count). The van der Waals surface area contributed by atoms with E-state index in [9.17, 15) is 4.79 Å². The molecule has 2 N–H and O–H groups in total. The van der Waals surface area contributed by atoms with Gasteiger partial charge in [-0.2, -0.15) is 5.10 Å². The van der Waals surface area contributed by atoms with Crippen molar-refractivity contribution in [1.82, 2.24) is 20.2 Å². The number of anilines is 1.